The number of nitrogen functional groups attached to an aromatic ring is 1. The number of nitrogens with one attached hydrogen (secondary N) is 1. The lowest BCUT2D eigenvalue weighted by molar-refractivity contribution is -0.141. The summed E-state index contributed by atoms with van der Waals surface area (Å²) in [5.74, 6) is 0.739. The number of fused-ring (bicyclic) bond motifs is 2. The summed E-state index contributed by atoms with van der Waals surface area (Å²) in [4.78, 5) is 49.1. The van der Waals surface area contributed by atoms with Gasteiger partial charge in [0.15, 0.2) is 17.4 Å². The Bertz CT molecular complexity index is 3200. The highest BCUT2D eigenvalue weighted by molar-refractivity contribution is 7.13. The van der Waals surface area contributed by atoms with Gasteiger partial charge in [-0.25, -0.2) is 9.97 Å². The van der Waals surface area contributed by atoms with Crippen LogP contribution in [-0.2, 0) is 14.3 Å². The maximum atomic E-state index is 14.4. The zero-order chi connectivity index (χ0) is 56.8. The Kier molecular flexibility index (Phi) is 15.9. The fourth-order valence-corrected chi connectivity index (χ4v) is 14.2. The highest BCUT2D eigenvalue weighted by Gasteiger charge is 2.45. The van der Waals surface area contributed by atoms with Crippen molar-refractivity contribution in [3.8, 4) is 33.3 Å². The van der Waals surface area contributed by atoms with E-state index in [0.29, 0.717) is 67.0 Å². The number of ether oxygens (including phenoxy) is 2. The second-order valence-electron chi connectivity index (χ2n) is 24.0. The molecule has 2 bridgehead atoms. The first-order chi connectivity index (χ1) is 39.6. The standard InChI is InChI=1S/C61H76N12O8S/c1-36(2)56(60(77)72-33-44(74)26-51(72)59(76)65-37(3)39-9-11-40(12-10-39)57-38(4)64-35-82-57)53-30-54(68-81-53)70-23-18-61(78,19-24-70)34-69-21-16-45(17-22-69)79-46-27-47(28-46)80-55-25-41(15-20-63-55)73-42-13-14-43(73)32-71(31-42)50-29-49(66-67-58(50)62)48-7-5-6-8-52(48)75/h5-12,15,20,25,29-30,35-37,42-47,51,56,74-75,78H,13-14,16-19,21-24,26-28,31-34H2,1-4H3,(H2,62,67)(H,65,76)/t37-,42+,43?,44+,46?,47?,51-,56+/m0/s1. The van der Waals surface area contributed by atoms with Gasteiger partial charge < -0.3 is 64.9 Å². The normalized spacial score (nSPS) is 24.6. The molecule has 0 spiro atoms. The van der Waals surface area contributed by atoms with Gasteiger partial charge >= 0.3 is 0 Å². The second kappa shape index (κ2) is 23.4. The molecule has 6 N–H and O–H groups in total. The number of para-hydroxylation sites is 1. The van der Waals surface area contributed by atoms with Gasteiger partial charge in [0, 0.05) is 113 Å². The first kappa shape index (κ1) is 55.6. The van der Waals surface area contributed by atoms with Gasteiger partial charge in [-0.05, 0) is 93.7 Å². The number of aryl methyl sites for hydroxylation is 1. The number of carbonyl (C=O) groups is 2. The van der Waals surface area contributed by atoms with E-state index in [1.54, 1.807) is 23.5 Å². The number of amides is 2. The Morgan fingerprint density at radius 2 is 1.61 bits per heavy atom. The van der Waals surface area contributed by atoms with Crippen LogP contribution in [0.3, 0.4) is 0 Å². The molecule has 1 unspecified atom stereocenters. The fraction of sp³-hybridized carbons (Fsp3) is 0.525. The van der Waals surface area contributed by atoms with E-state index < -0.39 is 23.7 Å². The number of benzene rings is 2. The molecule has 82 heavy (non-hydrogen) atoms. The molecule has 20 nitrogen and oxygen atoms in total. The average molecular weight is 1140 g/mol. The van der Waals surface area contributed by atoms with Crippen molar-refractivity contribution in [2.45, 2.75) is 146 Å². The maximum absolute atomic E-state index is 14.4. The largest absolute Gasteiger partial charge is 0.507 e. The summed E-state index contributed by atoms with van der Waals surface area (Å²) in [5, 5.41) is 49.2. The molecule has 434 valence electrons. The van der Waals surface area contributed by atoms with E-state index in [2.05, 4.69) is 62.4 Å². The van der Waals surface area contributed by atoms with E-state index in [9.17, 15) is 24.9 Å². The lowest BCUT2D eigenvalue weighted by Crippen LogP contribution is -2.54. The highest BCUT2D eigenvalue weighted by Crippen LogP contribution is 2.41. The molecule has 6 atom stereocenters. The molecule has 6 fully saturated rings. The summed E-state index contributed by atoms with van der Waals surface area (Å²) in [6.07, 6.45) is 8.26. The van der Waals surface area contributed by atoms with Crippen molar-refractivity contribution < 1.29 is 38.9 Å². The number of rotatable bonds is 17. The second-order valence-corrected chi connectivity index (χ2v) is 24.9. The van der Waals surface area contributed by atoms with Gasteiger partial charge in [0.05, 0.1) is 57.4 Å². The van der Waals surface area contributed by atoms with Gasteiger partial charge in [-0.1, -0.05) is 55.4 Å². The smallest absolute Gasteiger partial charge is 0.243 e. The van der Waals surface area contributed by atoms with Gasteiger partial charge in [-0.2, -0.15) is 0 Å². The van der Waals surface area contributed by atoms with Crippen LogP contribution in [0.25, 0.3) is 21.7 Å². The summed E-state index contributed by atoms with van der Waals surface area (Å²) in [5.41, 5.74) is 13.5. The zero-order valence-corrected chi connectivity index (χ0v) is 48.0. The number of phenols is 1. The van der Waals surface area contributed by atoms with Crippen LogP contribution >= 0.6 is 11.3 Å². The van der Waals surface area contributed by atoms with Crippen molar-refractivity contribution in [2.24, 2.45) is 5.92 Å². The number of thiazole rings is 1. The molecule has 1 saturated carbocycles. The van der Waals surface area contributed by atoms with Crippen LogP contribution in [0.5, 0.6) is 11.6 Å². The van der Waals surface area contributed by atoms with E-state index in [4.69, 9.17) is 19.7 Å². The third kappa shape index (κ3) is 11.7. The molecule has 0 radical (unpaired) electrons. The number of nitrogens with two attached hydrogens (primary N) is 1. The predicted octanol–water partition coefficient (Wildman–Crippen LogP) is 7.11. The molecule has 4 aromatic heterocycles. The average Bonchev–Trinajstić information content (AvgIpc) is 4.17. The number of piperazine rings is 1. The van der Waals surface area contributed by atoms with E-state index in [0.717, 1.165) is 97.8 Å². The minimum Gasteiger partial charge on any atom is -0.507 e. The molecule has 1 aliphatic carbocycles. The van der Waals surface area contributed by atoms with E-state index >= 15 is 0 Å². The Balaban J connectivity index is 0.572. The Labute approximate surface area is 482 Å². The van der Waals surface area contributed by atoms with Gasteiger partial charge in [-0.3, -0.25) is 9.59 Å². The van der Waals surface area contributed by atoms with Crippen LogP contribution < -0.4 is 30.5 Å². The number of aliphatic hydroxyl groups is 2. The highest BCUT2D eigenvalue weighted by atomic mass is 32.1. The topological polar surface area (TPSA) is 245 Å². The van der Waals surface area contributed by atoms with Crippen LogP contribution in [0.2, 0.25) is 0 Å². The molecule has 12 rings (SSSR count). The Morgan fingerprint density at radius 1 is 0.866 bits per heavy atom. The van der Waals surface area contributed by atoms with Crippen LogP contribution in [0.15, 0.2) is 89.0 Å². The van der Waals surface area contributed by atoms with Crippen LogP contribution in [-0.4, -0.2) is 163 Å². The van der Waals surface area contributed by atoms with Crippen molar-refractivity contribution in [1.29, 1.82) is 0 Å². The lowest BCUT2D eigenvalue weighted by Gasteiger charge is -2.44. The van der Waals surface area contributed by atoms with Crippen molar-refractivity contribution in [3.05, 3.63) is 102 Å². The third-order valence-electron chi connectivity index (χ3n) is 18.0. The number of anilines is 4. The fourth-order valence-electron chi connectivity index (χ4n) is 13.4. The number of aromatic hydroxyl groups is 1. The molecular weight excluding hydrogens is 1060 g/mol. The van der Waals surface area contributed by atoms with E-state index in [1.165, 1.54) is 4.90 Å². The molecule has 5 saturated heterocycles. The van der Waals surface area contributed by atoms with Gasteiger partial charge in [0.2, 0.25) is 17.7 Å². The predicted molar refractivity (Wildman–Crippen MR) is 313 cm³/mol. The Morgan fingerprint density at radius 3 is 2.32 bits per heavy atom. The number of piperidine rings is 2. The maximum Gasteiger partial charge on any atom is 0.243 e. The molecule has 9 heterocycles. The van der Waals surface area contributed by atoms with Crippen LogP contribution in [0.1, 0.15) is 108 Å². The lowest BCUT2D eigenvalue weighted by atomic mass is 9.89. The first-order valence-corrected chi connectivity index (χ1v) is 30.2. The molecule has 6 aromatic rings. The zero-order valence-electron chi connectivity index (χ0n) is 47.2. The molecule has 21 heteroatoms. The van der Waals surface area contributed by atoms with Crippen molar-refractivity contribution in [2.75, 3.05) is 72.8 Å². The number of phenolic OH excluding ortho intramolecular Hbond substituents is 1. The number of likely N-dealkylation sites (tertiary alicyclic amines) is 2. The number of pyridine rings is 1. The third-order valence-corrected chi connectivity index (χ3v) is 19.0. The number of β-amino-alcohol motifs (C(OH)–C–C–N with tert-alkyl or cyclic N) is 2. The molecule has 2 aromatic carbocycles. The minimum absolute atomic E-state index is 0.0484. The summed E-state index contributed by atoms with van der Waals surface area (Å²) < 4.78 is 19.0. The number of carbonyl (C=O) groups excluding carboxylic acids is 2. The number of aliphatic hydroxyl groups excluding tert-OH is 1. The molecule has 5 aliphatic heterocycles. The van der Waals surface area contributed by atoms with Crippen molar-refractivity contribution >= 4 is 46.2 Å². The van der Waals surface area contributed by atoms with Crippen LogP contribution in [0.4, 0.5) is 23.0 Å². The van der Waals surface area contributed by atoms with Crippen molar-refractivity contribution in [3.63, 3.8) is 0 Å². The summed E-state index contributed by atoms with van der Waals surface area (Å²) >= 11 is 1.59. The number of hydrogen-bond acceptors (Lipinski definition) is 19. The molecule has 2 amide bonds. The van der Waals surface area contributed by atoms with E-state index in [1.807, 2.05) is 87.9 Å². The minimum atomic E-state index is -0.842. The van der Waals surface area contributed by atoms with Gasteiger partial charge in [-0.15, -0.1) is 21.5 Å². The van der Waals surface area contributed by atoms with Crippen molar-refractivity contribution in [1.82, 2.24) is 40.4 Å². The quantitative estimate of drug-likeness (QED) is 0.0611. The summed E-state index contributed by atoms with van der Waals surface area (Å²) in [6, 6.07) is 22.5. The summed E-state index contributed by atoms with van der Waals surface area (Å²) in [7, 11) is 0. The number of nitrogens with zero attached hydrogens (tertiary/aromatic N) is 10. The number of aromatic nitrogens is 5. The summed E-state index contributed by atoms with van der Waals surface area (Å²) in [6.45, 7) is 12.9. The molecular formula is C61H76N12O8S. The first-order valence-electron chi connectivity index (χ1n) is 29.3. The van der Waals surface area contributed by atoms with Gasteiger partial charge in [0.25, 0.3) is 0 Å². The van der Waals surface area contributed by atoms with Crippen LogP contribution in [0, 0.1) is 12.8 Å². The number of hydrogen-bond donors (Lipinski definition) is 5. The molecule has 6 aliphatic rings. The van der Waals surface area contributed by atoms with E-state index in [-0.39, 0.29) is 72.9 Å². The monoisotopic (exact) mass is 1140 g/mol. The SMILES string of the molecule is Cc1ncsc1-c1ccc([C@H](C)NC(=O)[C@@H]2C[C@@H](O)CN2C(=O)[C@@H](c2cc(N3CCC(O)(CN4CCC(OC5CC(Oc6cc(N7C8CC[C@@H]7CN(c7cc(-c9ccccc9O)nnc7N)C8)ccn6)C5)CC4)CC3)no2)C(C)C)cc1. The van der Waals surface area contributed by atoms with Gasteiger partial charge in [0.1, 0.15) is 23.8 Å². The Hall–Kier alpha value is -6.91.